The Balaban J connectivity index is 1.55. The van der Waals surface area contributed by atoms with E-state index in [0.29, 0.717) is 19.8 Å². The first kappa shape index (κ1) is 16.3. The lowest BCUT2D eigenvalue weighted by Gasteiger charge is -2.31. The fraction of sp³-hybridized carbons (Fsp3) is 0.611. The maximum absolute atomic E-state index is 12.4. The van der Waals surface area contributed by atoms with Gasteiger partial charge in [-0.1, -0.05) is 12.1 Å². The number of methoxy groups -OCH3 is 1. The molecule has 1 saturated heterocycles. The molecule has 1 unspecified atom stereocenters. The van der Waals surface area contributed by atoms with Crippen molar-refractivity contribution in [2.75, 3.05) is 40.0 Å². The number of rotatable bonds is 6. The number of hydrogen-bond acceptors (Lipinski definition) is 4. The summed E-state index contributed by atoms with van der Waals surface area (Å²) in [5.41, 5.74) is 1.41. The Bertz CT molecular complexity index is 534. The monoisotopic (exact) mass is 318 g/mol. The summed E-state index contributed by atoms with van der Waals surface area (Å²) in [6.45, 7) is 5.79. The number of carbonyl (C=O) groups excluding carboxylic acids is 1. The third-order valence-corrected chi connectivity index (χ3v) is 5.13. The number of morpholine rings is 1. The van der Waals surface area contributed by atoms with Crippen molar-refractivity contribution in [2.45, 2.75) is 31.2 Å². The van der Waals surface area contributed by atoms with E-state index in [0.717, 1.165) is 31.7 Å². The van der Waals surface area contributed by atoms with E-state index in [-0.39, 0.29) is 17.4 Å². The van der Waals surface area contributed by atoms with Crippen LogP contribution in [0.1, 0.15) is 25.3 Å². The third-order valence-electron chi connectivity index (χ3n) is 5.13. The van der Waals surface area contributed by atoms with Crippen LogP contribution >= 0.6 is 0 Å². The highest BCUT2D eigenvalue weighted by Gasteiger charge is 2.44. The first-order valence-corrected chi connectivity index (χ1v) is 8.39. The van der Waals surface area contributed by atoms with Crippen molar-refractivity contribution < 1.29 is 14.3 Å². The van der Waals surface area contributed by atoms with Gasteiger partial charge in [0, 0.05) is 25.0 Å². The summed E-state index contributed by atoms with van der Waals surface area (Å²) >= 11 is 0. The minimum Gasteiger partial charge on any atom is -0.497 e. The molecule has 0 radical (unpaired) electrons. The Hall–Kier alpha value is -1.59. The quantitative estimate of drug-likeness (QED) is 0.865. The number of amides is 1. The molecule has 1 aliphatic heterocycles. The van der Waals surface area contributed by atoms with Gasteiger partial charge < -0.3 is 14.8 Å². The second-order valence-electron chi connectivity index (χ2n) is 6.55. The lowest BCUT2D eigenvalue weighted by Crippen LogP contribution is -2.50. The first-order valence-electron chi connectivity index (χ1n) is 8.39. The van der Waals surface area contributed by atoms with Gasteiger partial charge in [0.2, 0.25) is 5.91 Å². The molecule has 0 spiro atoms. The molecule has 23 heavy (non-hydrogen) atoms. The van der Waals surface area contributed by atoms with Crippen LogP contribution in [0, 0.1) is 0 Å². The van der Waals surface area contributed by atoms with Gasteiger partial charge in [-0.05, 0) is 37.5 Å². The molecule has 1 N–H and O–H groups in total. The molecule has 1 heterocycles. The fourth-order valence-electron chi connectivity index (χ4n) is 3.20. The van der Waals surface area contributed by atoms with Crippen molar-refractivity contribution in [3.63, 3.8) is 0 Å². The lowest BCUT2D eigenvalue weighted by atomic mass is 9.95. The van der Waals surface area contributed by atoms with E-state index in [2.05, 4.69) is 22.3 Å². The van der Waals surface area contributed by atoms with Gasteiger partial charge in [0.25, 0.3) is 0 Å². The average molecular weight is 318 g/mol. The average Bonchev–Trinajstić information content (AvgIpc) is 3.41. The van der Waals surface area contributed by atoms with E-state index in [9.17, 15) is 4.79 Å². The lowest BCUT2D eigenvalue weighted by molar-refractivity contribution is -0.127. The molecule has 1 atom stereocenters. The highest BCUT2D eigenvalue weighted by Crippen LogP contribution is 2.47. The van der Waals surface area contributed by atoms with Gasteiger partial charge in [0.05, 0.1) is 26.4 Å². The van der Waals surface area contributed by atoms with Crippen LogP contribution in [0.3, 0.4) is 0 Å². The van der Waals surface area contributed by atoms with E-state index in [4.69, 9.17) is 9.47 Å². The molecule has 3 rings (SSSR count). The fourth-order valence-corrected chi connectivity index (χ4v) is 3.20. The standard InChI is InChI=1S/C18H26N2O3/c1-14(20-9-11-23-12-10-20)17(21)19-13-18(7-8-18)15-3-5-16(22-2)6-4-15/h3-6,14H,7-13H2,1-2H3,(H,19,21). The summed E-state index contributed by atoms with van der Waals surface area (Å²) in [4.78, 5) is 14.6. The molecule has 0 bridgehead atoms. The van der Waals surface area contributed by atoms with E-state index in [1.165, 1.54) is 5.56 Å². The van der Waals surface area contributed by atoms with Crippen molar-refractivity contribution in [3.8, 4) is 5.75 Å². The molecular formula is C18H26N2O3. The van der Waals surface area contributed by atoms with Gasteiger partial charge in [-0.25, -0.2) is 0 Å². The summed E-state index contributed by atoms with van der Waals surface area (Å²) in [5, 5.41) is 3.16. The second-order valence-corrected chi connectivity index (χ2v) is 6.55. The molecule has 0 aromatic heterocycles. The maximum Gasteiger partial charge on any atom is 0.237 e. The van der Waals surface area contributed by atoms with Crippen molar-refractivity contribution in [2.24, 2.45) is 0 Å². The summed E-state index contributed by atoms with van der Waals surface area (Å²) in [7, 11) is 1.68. The zero-order chi connectivity index (χ0) is 16.3. The molecule has 5 nitrogen and oxygen atoms in total. The van der Waals surface area contributed by atoms with Crippen LogP contribution in [0.25, 0.3) is 0 Å². The predicted octanol–water partition coefficient (Wildman–Crippen LogP) is 1.56. The Kier molecular flexibility index (Phi) is 4.87. The molecule has 126 valence electrons. The third kappa shape index (κ3) is 3.67. The van der Waals surface area contributed by atoms with Crippen molar-refractivity contribution in [1.82, 2.24) is 10.2 Å². The largest absolute Gasteiger partial charge is 0.497 e. The highest BCUT2D eigenvalue weighted by molar-refractivity contribution is 5.81. The molecule has 1 saturated carbocycles. The Labute approximate surface area is 137 Å². The van der Waals surface area contributed by atoms with Crippen LogP contribution in [0.15, 0.2) is 24.3 Å². The van der Waals surface area contributed by atoms with Gasteiger partial charge in [0.15, 0.2) is 0 Å². The minimum atomic E-state index is -0.0921. The molecular weight excluding hydrogens is 292 g/mol. The smallest absolute Gasteiger partial charge is 0.237 e. The SMILES string of the molecule is COc1ccc(C2(CNC(=O)C(C)N3CCOCC3)CC2)cc1. The minimum absolute atomic E-state index is 0.0921. The molecule has 1 amide bonds. The zero-order valence-electron chi connectivity index (χ0n) is 14.0. The normalized spacial score (nSPS) is 21.5. The summed E-state index contributed by atoms with van der Waals surface area (Å²) < 4.78 is 10.6. The Morgan fingerprint density at radius 3 is 2.52 bits per heavy atom. The molecule has 2 aliphatic rings. The summed E-state index contributed by atoms with van der Waals surface area (Å²) in [6, 6.07) is 8.12. The molecule has 1 aromatic rings. The van der Waals surface area contributed by atoms with Gasteiger partial charge in [-0.3, -0.25) is 9.69 Å². The first-order chi connectivity index (χ1) is 11.1. The van der Waals surface area contributed by atoms with Crippen molar-refractivity contribution >= 4 is 5.91 Å². The van der Waals surface area contributed by atoms with Gasteiger partial charge >= 0.3 is 0 Å². The topological polar surface area (TPSA) is 50.8 Å². The number of benzene rings is 1. The van der Waals surface area contributed by atoms with Gasteiger partial charge in [0.1, 0.15) is 5.75 Å². The van der Waals surface area contributed by atoms with E-state index in [1.54, 1.807) is 7.11 Å². The van der Waals surface area contributed by atoms with Crippen molar-refractivity contribution in [3.05, 3.63) is 29.8 Å². The molecule has 5 heteroatoms. The number of nitrogens with zero attached hydrogens (tertiary/aromatic N) is 1. The van der Waals surface area contributed by atoms with Crippen LogP contribution in [0.5, 0.6) is 5.75 Å². The van der Waals surface area contributed by atoms with Crippen LogP contribution in [0.4, 0.5) is 0 Å². The van der Waals surface area contributed by atoms with Crippen LogP contribution in [0.2, 0.25) is 0 Å². The van der Waals surface area contributed by atoms with E-state index < -0.39 is 0 Å². The number of nitrogens with one attached hydrogen (secondary N) is 1. The van der Waals surface area contributed by atoms with Gasteiger partial charge in [-0.15, -0.1) is 0 Å². The van der Waals surface area contributed by atoms with Crippen LogP contribution in [-0.4, -0.2) is 56.8 Å². The number of hydrogen-bond donors (Lipinski definition) is 1. The van der Waals surface area contributed by atoms with Crippen molar-refractivity contribution in [1.29, 1.82) is 0 Å². The zero-order valence-corrected chi connectivity index (χ0v) is 14.0. The Morgan fingerprint density at radius 2 is 1.96 bits per heavy atom. The summed E-state index contributed by atoms with van der Waals surface area (Å²) in [5.74, 6) is 0.987. The number of ether oxygens (including phenoxy) is 2. The molecule has 1 aliphatic carbocycles. The second kappa shape index (κ2) is 6.89. The van der Waals surface area contributed by atoms with Gasteiger partial charge in [-0.2, -0.15) is 0 Å². The highest BCUT2D eigenvalue weighted by atomic mass is 16.5. The van der Waals surface area contributed by atoms with E-state index >= 15 is 0 Å². The Morgan fingerprint density at radius 1 is 1.30 bits per heavy atom. The molecule has 1 aromatic carbocycles. The van der Waals surface area contributed by atoms with E-state index in [1.807, 2.05) is 19.1 Å². The maximum atomic E-state index is 12.4. The van der Waals surface area contributed by atoms with Crippen LogP contribution in [-0.2, 0) is 14.9 Å². The molecule has 2 fully saturated rings. The van der Waals surface area contributed by atoms with Crippen LogP contribution < -0.4 is 10.1 Å². The number of carbonyl (C=O) groups is 1. The predicted molar refractivity (Wildman–Crippen MR) is 88.8 cm³/mol. The summed E-state index contributed by atoms with van der Waals surface area (Å²) in [6.07, 6.45) is 2.26.